The van der Waals surface area contributed by atoms with Gasteiger partial charge in [-0.25, -0.2) is 4.98 Å². The molecule has 1 saturated carbocycles. The van der Waals surface area contributed by atoms with Crippen LogP contribution in [0.3, 0.4) is 0 Å². The molecule has 1 atom stereocenters. The summed E-state index contributed by atoms with van der Waals surface area (Å²) in [4.78, 5) is 19.9. The molecule has 162 valence electrons. The zero-order valence-electron chi connectivity index (χ0n) is 17.8. The Morgan fingerprint density at radius 3 is 2.77 bits per heavy atom. The lowest BCUT2D eigenvalue weighted by atomic mass is 9.96. The van der Waals surface area contributed by atoms with Crippen molar-refractivity contribution in [3.05, 3.63) is 40.7 Å². The Labute approximate surface area is 184 Å². The molecule has 4 rings (SSSR count). The number of aryl methyl sites for hydroxylation is 1. The summed E-state index contributed by atoms with van der Waals surface area (Å²) >= 11 is 6.11. The molecule has 2 heterocycles. The number of piperidine rings is 1. The van der Waals surface area contributed by atoms with E-state index in [1.807, 2.05) is 31.2 Å². The van der Waals surface area contributed by atoms with Crippen molar-refractivity contribution in [2.24, 2.45) is 5.92 Å². The highest BCUT2D eigenvalue weighted by molar-refractivity contribution is 6.30. The first-order valence-electron chi connectivity index (χ1n) is 11.3. The first-order valence-corrected chi connectivity index (χ1v) is 11.7. The van der Waals surface area contributed by atoms with Gasteiger partial charge in [-0.2, -0.15) is 0 Å². The third-order valence-corrected chi connectivity index (χ3v) is 6.65. The van der Waals surface area contributed by atoms with Gasteiger partial charge in [0.2, 0.25) is 11.8 Å². The second kappa shape index (κ2) is 9.97. The molecule has 1 aliphatic heterocycles. The summed E-state index contributed by atoms with van der Waals surface area (Å²) in [6.45, 7) is 4.45. The van der Waals surface area contributed by atoms with Gasteiger partial charge in [0.25, 0.3) is 0 Å². The van der Waals surface area contributed by atoms with Gasteiger partial charge < -0.3 is 9.73 Å². The summed E-state index contributed by atoms with van der Waals surface area (Å²) in [5.41, 5.74) is 1.82. The number of nitrogens with zero attached hydrogens (tertiary/aromatic N) is 2. The molecule has 1 saturated heterocycles. The molecule has 6 heteroatoms. The smallest absolute Gasteiger partial charge is 0.226 e. The summed E-state index contributed by atoms with van der Waals surface area (Å²) in [6.07, 6.45) is 9.36. The third kappa shape index (κ3) is 5.44. The van der Waals surface area contributed by atoms with E-state index in [4.69, 9.17) is 21.0 Å². The van der Waals surface area contributed by atoms with Crippen molar-refractivity contribution in [2.45, 2.75) is 70.9 Å². The number of hydrogen-bond donors (Lipinski definition) is 1. The van der Waals surface area contributed by atoms with Crippen molar-refractivity contribution < 1.29 is 9.21 Å². The van der Waals surface area contributed by atoms with E-state index in [9.17, 15) is 4.79 Å². The van der Waals surface area contributed by atoms with Gasteiger partial charge in [-0.3, -0.25) is 9.69 Å². The fourth-order valence-corrected chi connectivity index (χ4v) is 4.88. The van der Waals surface area contributed by atoms with Crippen molar-refractivity contribution in [1.29, 1.82) is 0 Å². The number of carbonyl (C=O) groups is 1. The molecule has 1 amide bonds. The van der Waals surface area contributed by atoms with Crippen LogP contribution in [0.5, 0.6) is 0 Å². The standard InChI is InChI=1S/C24H32ClN3O2/c1-17-22(27-24(30-17)18-8-6-10-20(25)14-18)16-28-13-7-9-19(15-28)23(29)26-21-11-4-2-3-5-12-21/h6,8,10,14,19,21H,2-5,7,9,11-13,15-16H2,1H3,(H,26,29)/t19-/m1/s1. The second-order valence-corrected chi connectivity index (χ2v) is 9.24. The molecular formula is C24H32ClN3O2. The Kier molecular flexibility index (Phi) is 7.11. The van der Waals surface area contributed by atoms with E-state index in [1.54, 1.807) is 0 Å². The minimum atomic E-state index is 0.0709. The third-order valence-electron chi connectivity index (χ3n) is 6.42. The van der Waals surface area contributed by atoms with E-state index >= 15 is 0 Å². The van der Waals surface area contributed by atoms with Crippen LogP contribution in [0, 0.1) is 12.8 Å². The number of benzene rings is 1. The molecule has 0 bridgehead atoms. The predicted octanol–water partition coefficient (Wildman–Crippen LogP) is 5.35. The van der Waals surface area contributed by atoms with E-state index in [1.165, 1.54) is 25.7 Å². The molecule has 2 fully saturated rings. The van der Waals surface area contributed by atoms with Crippen molar-refractivity contribution in [3.63, 3.8) is 0 Å². The van der Waals surface area contributed by atoms with Gasteiger partial charge in [0.1, 0.15) is 5.76 Å². The number of rotatable bonds is 5. The molecule has 2 aromatic rings. The minimum Gasteiger partial charge on any atom is -0.441 e. The van der Waals surface area contributed by atoms with Crippen LogP contribution in [-0.4, -0.2) is 34.9 Å². The van der Waals surface area contributed by atoms with Crippen LogP contribution in [0.25, 0.3) is 11.5 Å². The van der Waals surface area contributed by atoms with Gasteiger partial charge in [0.05, 0.1) is 11.6 Å². The van der Waals surface area contributed by atoms with Gasteiger partial charge >= 0.3 is 0 Å². The van der Waals surface area contributed by atoms with E-state index < -0.39 is 0 Å². The number of carbonyl (C=O) groups excluding carboxylic acids is 1. The van der Waals surface area contributed by atoms with Gasteiger partial charge in [0, 0.05) is 29.7 Å². The highest BCUT2D eigenvalue weighted by Crippen LogP contribution is 2.26. The van der Waals surface area contributed by atoms with E-state index in [-0.39, 0.29) is 11.8 Å². The number of nitrogens with one attached hydrogen (secondary N) is 1. The van der Waals surface area contributed by atoms with Gasteiger partial charge in [-0.1, -0.05) is 43.4 Å². The molecular weight excluding hydrogens is 398 g/mol. The Bertz CT molecular complexity index is 858. The maximum atomic E-state index is 12.9. The predicted molar refractivity (Wildman–Crippen MR) is 119 cm³/mol. The maximum Gasteiger partial charge on any atom is 0.226 e. The summed E-state index contributed by atoms with van der Waals surface area (Å²) in [5.74, 6) is 1.74. The number of amides is 1. The Hall–Kier alpha value is -1.85. The second-order valence-electron chi connectivity index (χ2n) is 8.80. The fourth-order valence-electron chi connectivity index (χ4n) is 4.69. The van der Waals surface area contributed by atoms with Crippen LogP contribution in [0.2, 0.25) is 5.02 Å². The van der Waals surface area contributed by atoms with Gasteiger partial charge in [-0.05, 0) is 57.4 Å². The number of aromatic nitrogens is 1. The van der Waals surface area contributed by atoms with Crippen LogP contribution < -0.4 is 5.32 Å². The number of likely N-dealkylation sites (tertiary alicyclic amines) is 1. The first kappa shape index (κ1) is 21.4. The average molecular weight is 430 g/mol. The topological polar surface area (TPSA) is 58.4 Å². The lowest BCUT2D eigenvalue weighted by molar-refractivity contribution is -0.127. The zero-order chi connectivity index (χ0) is 20.9. The monoisotopic (exact) mass is 429 g/mol. The van der Waals surface area contributed by atoms with Crippen molar-refractivity contribution in [2.75, 3.05) is 13.1 Å². The summed E-state index contributed by atoms with van der Waals surface area (Å²) in [6, 6.07) is 7.93. The molecule has 5 nitrogen and oxygen atoms in total. The molecule has 0 spiro atoms. The molecule has 0 radical (unpaired) electrons. The highest BCUT2D eigenvalue weighted by Gasteiger charge is 2.28. The average Bonchev–Trinajstić information content (AvgIpc) is 2.93. The fraction of sp³-hybridized carbons (Fsp3) is 0.583. The summed E-state index contributed by atoms with van der Waals surface area (Å²) in [5, 5.41) is 4.01. The van der Waals surface area contributed by atoms with E-state index in [0.717, 1.165) is 55.8 Å². The minimum absolute atomic E-state index is 0.0709. The van der Waals surface area contributed by atoms with Crippen LogP contribution >= 0.6 is 11.6 Å². The zero-order valence-corrected chi connectivity index (χ0v) is 18.6. The molecule has 30 heavy (non-hydrogen) atoms. The molecule has 1 aromatic carbocycles. The van der Waals surface area contributed by atoms with Crippen molar-refractivity contribution >= 4 is 17.5 Å². The Balaban J connectivity index is 1.36. The van der Waals surface area contributed by atoms with Crippen molar-refractivity contribution in [3.8, 4) is 11.5 Å². The Morgan fingerprint density at radius 1 is 1.20 bits per heavy atom. The summed E-state index contributed by atoms with van der Waals surface area (Å²) < 4.78 is 5.91. The van der Waals surface area contributed by atoms with Crippen molar-refractivity contribution in [1.82, 2.24) is 15.2 Å². The number of halogens is 1. The van der Waals surface area contributed by atoms with Gasteiger partial charge in [0.15, 0.2) is 0 Å². The largest absolute Gasteiger partial charge is 0.441 e. The molecule has 1 N–H and O–H groups in total. The lowest BCUT2D eigenvalue weighted by Crippen LogP contribution is -2.45. The SMILES string of the molecule is Cc1oc(-c2cccc(Cl)c2)nc1CN1CCC[C@@H](C(=O)NC2CCCCCC2)C1. The van der Waals surface area contributed by atoms with Crippen LogP contribution in [0.1, 0.15) is 62.8 Å². The first-order chi connectivity index (χ1) is 14.6. The van der Waals surface area contributed by atoms with E-state index in [2.05, 4.69) is 10.2 Å². The number of oxazole rings is 1. The summed E-state index contributed by atoms with van der Waals surface area (Å²) in [7, 11) is 0. The quantitative estimate of drug-likeness (QED) is 0.650. The van der Waals surface area contributed by atoms with E-state index in [0.29, 0.717) is 23.5 Å². The Morgan fingerprint density at radius 2 is 2.00 bits per heavy atom. The molecule has 1 aromatic heterocycles. The normalized spacial score (nSPS) is 21.3. The lowest BCUT2D eigenvalue weighted by Gasteiger charge is -2.32. The maximum absolute atomic E-state index is 12.9. The molecule has 0 unspecified atom stereocenters. The molecule has 1 aliphatic carbocycles. The number of hydrogen-bond acceptors (Lipinski definition) is 4. The van der Waals surface area contributed by atoms with Crippen LogP contribution in [-0.2, 0) is 11.3 Å². The van der Waals surface area contributed by atoms with Crippen LogP contribution in [0.4, 0.5) is 0 Å². The van der Waals surface area contributed by atoms with Gasteiger partial charge in [-0.15, -0.1) is 0 Å². The van der Waals surface area contributed by atoms with Crippen LogP contribution in [0.15, 0.2) is 28.7 Å². The highest BCUT2D eigenvalue weighted by atomic mass is 35.5. The molecule has 2 aliphatic rings.